The fourth-order valence-corrected chi connectivity index (χ4v) is 4.87. The Hall–Kier alpha value is -4.26. The van der Waals surface area contributed by atoms with Crippen molar-refractivity contribution in [2.45, 2.75) is 58.4 Å². The molecule has 0 unspecified atom stereocenters. The molecule has 0 bridgehead atoms. The van der Waals surface area contributed by atoms with Gasteiger partial charge in [0.25, 0.3) is 5.91 Å². The van der Waals surface area contributed by atoms with E-state index in [0.717, 1.165) is 47.0 Å². The minimum absolute atomic E-state index is 0.164. The Morgan fingerprint density at radius 2 is 1.69 bits per heavy atom. The third kappa shape index (κ3) is 7.41. The van der Waals surface area contributed by atoms with E-state index in [0.29, 0.717) is 37.1 Å². The lowest BCUT2D eigenvalue weighted by molar-refractivity contribution is -0.123. The van der Waals surface area contributed by atoms with Gasteiger partial charge in [0.2, 0.25) is 5.91 Å². The van der Waals surface area contributed by atoms with Crippen LogP contribution in [0, 0.1) is 6.92 Å². The van der Waals surface area contributed by atoms with E-state index in [1.807, 2.05) is 30.3 Å². The Morgan fingerprint density at radius 3 is 2.46 bits per heavy atom. The summed E-state index contributed by atoms with van der Waals surface area (Å²) in [6.45, 7) is 3.80. The highest BCUT2D eigenvalue weighted by atomic mass is 16.2. The van der Waals surface area contributed by atoms with Crippen LogP contribution in [-0.2, 0) is 16.0 Å². The number of carbonyl (C=O) groups excluding carboxylic acids is 3. The number of Topliss-reactive ketones (excluding diaryl/α,β-unsaturated/α-hetero) is 1. The third-order valence-electron chi connectivity index (χ3n) is 6.95. The molecule has 39 heavy (non-hydrogen) atoms. The number of nitrogens with zero attached hydrogens (tertiary/aromatic N) is 1. The average Bonchev–Trinajstić information content (AvgIpc) is 3.31. The van der Waals surface area contributed by atoms with E-state index in [4.69, 9.17) is 0 Å². The number of rotatable bonds is 13. The van der Waals surface area contributed by atoms with Crippen molar-refractivity contribution < 1.29 is 14.4 Å². The molecule has 0 radical (unpaired) electrons. The summed E-state index contributed by atoms with van der Waals surface area (Å²) in [5.74, 6) is -0.359. The number of pyridine rings is 1. The minimum Gasteiger partial charge on any atom is -0.354 e. The molecule has 4 aromatic rings. The molecule has 2 aromatic heterocycles. The van der Waals surface area contributed by atoms with E-state index in [-0.39, 0.29) is 17.6 Å². The van der Waals surface area contributed by atoms with E-state index in [2.05, 4.69) is 44.9 Å². The summed E-state index contributed by atoms with van der Waals surface area (Å²) < 4.78 is 0. The number of unbranched alkanes of at least 4 members (excludes halogenated alkanes) is 2. The van der Waals surface area contributed by atoms with Crippen molar-refractivity contribution in [2.75, 3.05) is 6.54 Å². The molecule has 0 aliphatic heterocycles. The van der Waals surface area contributed by atoms with Gasteiger partial charge in [-0.3, -0.25) is 14.6 Å². The zero-order valence-corrected chi connectivity index (χ0v) is 22.6. The lowest BCUT2D eigenvalue weighted by atomic mass is 10.0. The smallest absolute Gasteiger partial charge is 0.253 e. The Kier molecular flexibility index (Phi) is 9.62. The number of aromatic nitrogens is 2. The maximum atomic E-state index is 13.3. The summed E-state index contributed by atoms with van der Waals surface area (Å²) in [6.07, 6.45) is 5.64. The van der Waals surface area contributed by atoms with Gasteiger partial charge in [-0.05, 0) is 62.4 Å². The van der Waals surface area contributed by atoms with Gasteiger partial charge in [0.1, 0.15) is 11.8 Å². The predicted molar refractivity (Wildman–Crippen MR) is 154 cm³/mol. The number of fused-ring (bicyclic) bond motifs is 1. The maximum Gasteiger partial charge on any atom is 0.253 e. The van der Waals surface area contributed by atoms with Crippen LogP contribution in [0.3, 0.4) is 0 Å². The topological polar surface area (TPSA) is 104 Å². The first-order valence-corrected chi connectivity index (χ1v) is 13.6. The summed E-state index contributed by atoms with van der Waals surface area (Å²) in [4.78, 5) is 45.3. The second-order valence-corrected chi connectivity index (χ2v) is 9.89. The van der Waals surface area contributed by atoms with Crippen molar-refractivity contribution in [2.24, 2.45) is 0 Å². The van der Waals surface area contributed by atoms with E-state index in [9.17, 15) is 14.4 Å². The zero-order chi connectivity index (χ0) is 27.6. The first kappa shape index (κ1) is 27.8. The van der Waals surface area contributed by atoms with Crippen LogP contribution in [0.2, 0.25) is 0 Å². The molecule has 0 fully saturated rings. The number of para-hydroxylation sites is 1. The van der Waals surface area contributed by atoms with Crippen molar-refractivity contribution in [1.29, 1.82) is 0 Å². The van der Waals surface area contributed by atoms with Gasteiger partial charge in [-0.1, -0.05) is 61.4 Å². The molecular weight excluding hydrogens is 488 g/mol. The van der Waals surface area contributed by atoms with Crippen LogP contribution in [0.15, 0.2) is 72.9 Å². The third-order valence-corrected chi connectivity index (χ3v) is 6.95. The van der Waals surface area contributed by atoms with Crippen LogP contribution in [0.5, 0.6) is 0 Å². The first-order chi connectivity index (χ1) is 18.9. The number of aryl methyl sites for hydroxylation is 1. The molecule has 4 rings (SSSR count). The lowest BCUT2D eigenvalue weighted by Gasteiger charge is -2.19. The molecular formula is C32H36N4O3. The molecule has 0 spiro atoms. The predicted octanol–water partition coefficient (Wildman–Crippen LogP) is 5.54. The van der Waals surface area contributed by atoms with E-state index >= 15 is 0 Å². The molecule has 1 atom stereocenters. The molecule has 2 amide bonds. The summed E-state index contributed by atoms with van der Waals surface area (Å²) in [7, 11) is 0. The lowest BCUT2D eigenvalue weighted by Crippen LogP contribution is -2.47. The average molecular weight is 525 g/mol. The van der Waals surface area contributed by atoms with Crippen LogP contribution in [0.4, 0.5) is 0 Å². The van der Waals surface area contributed by atoms with Crippen LogP contribution >= 0.6 is 0 Å². The number of aromatic amines is 1. The molecule has 3 N–H and O–H groups in total. The van der Waals surface area contributed by atoms with Crippen molar-refractivity contribution in [3.63, 3.8) is 0 Å². The molecule has 2 aromatic carbocycles. The monoisotopic (exact) mass is 524 g/mol. The molecule has 7 heteroatoms. The standard InChI is InChI=1S/C32H36N4O3/c1-22(37)12-5-3-8-18-29(36-31(38)25-16-11-20-33-23(25)2)32(39)34-21-19-27-26-15-9-10-17-28(26)35-30(27)24-13-6-4-7-14-24/h4,6-7,9-11,13-17,20,29,35H,3,5,8,12,18-19,21H2,1-2H3,(H,34,39)(H,36,38)/t29-/m0/s1. The van der Waals surface area contributed by atoms with Gasteiger partial charge >= 0.3 is 0 Å². The molecule has 0 aliphatic rings. The van der Waals surface area contributed by atoms with Crippen LogP contribution in [0.1, 0.15) is 60.6 Å². The number of ketones is 1. The Balaban J connectivity index is 1.44. The van der Waals surface area contributed by atoms with Gasteiger partial charge in [0.05, 0.1) is 5.56 Å². The normalized spacial score (nSPS) is 11.7. The van der Waals surface area contributed by atoms with E-state index < -0.39 is 6.04 Å². The Labute approximate surface area is 229 Å². The van der Waals surface area contributed by atoms with Crippen LogP contribution < -0.4 is 10.6 Å². The molecule has 0 saturated heterocycles. The summed E-state index contributed by atoms with van der Waals surface area (Å²) in [5, 5.41) is 7.11. The number of nitrogens with one attached hydrogen (secondary N) is 3. The summed E-state index contributed by atoms with van der Waals surface area (Å²) >= 11 is 0. The SMILES string of the molecule is CC(=O)CCCCC[C@H](NC(=O)c1cccnc1C)C(=O)NCCc1c(-c2ccccc2)[nH]c2ccccc12. The van der Waals surface area contributed by atoms with Crippen LogP contribution in [-0.4, -0.2) is 40.2 Å². The van der Waals surface area contributed by atoms with Gasteiger partial charge in [-0.25, -0.2) is 0 Å². The molecule has 7 nitrogen and oxygen atoms in total. The number of carbonyl (C=O) groups is 3. The van der Waals surface area contributed by atoms with Gasteiger partial charge in [-0.2, -0.15) is 0 Å². The first-order valence-electron chi connectivity index (χ1n) is 13.6. The molecule has 0 aliphatic carbocycles. The second-order valence-electron chi connectivity index (χ2n) is 9.89. The van der Waals surface area contributed by atoms with Gasteiger partial charge in [-0.15, -0.1) is 0 Å². The maximum absolute atomic E-state index is 13.3. The highest BCUT2D eigenvalue weighted by Gasteiger charge is 2.22. The number of hydrogen-bond acceptors (Lipinski definition) is 4. The second kappa shape index (κ2) is 13.5. The number of H-pyrrole nitrogens is 1. The number of hydrogen-bond donors (Lipinski definition) is 3. The van der Waals surface area contributed by atoms with E-state index in [1.54, 1.807) is 32.2 Å². The van der Waals surface area contributed by atoms with Crippen molar-refractivity contribution in [3.05, 3.63) is 89.7 Å². The van der Waals surface area contributed by atoms with Gasteiger partial charge in [0.15, 0.2) is 0 Å². The Morgan fingerprint density at radius 1 is 0.923 bits per heavy atom. The summed E-state index contributed by atoms with van der Waals surface area (Å²) in [6, 6.07) is 21.1. The zero-order valence-electron chi connectivity index (χ0n) is 22.6. The van der Waals surface area contributed by atoms with Crippen molar-refractivity contribution in [1.82, 2.24) is 20.6 Å². The van der Waals surface area contributed by atoms with Crippen molar-refractivity contribution in [3.8, 4) is 11.3 Å². The van der Waals surface area contributed by atoms with Crippen molar-refractivity contribution >= 4 is 28.5 Å². The quantitative estimate of drug-likeness (QED) is 0.200. The molecule has 2 heterocycles. The Bertz CT molecular complexity index is 1430. The van der Waals surface area contributed by atoms with Gasteiger partial charge < -0.3 is 20.4 Å². The van der Waals surface area contributed by atoms with Gasteiger partial charge in [0, 0.05) is 41.5 Å². The van der Waals surface area contributed by atoms with Crippen LogP contribution in [0.25, 0.3) is 22.2 Å². The molecule has 0 saturated carbocycles. The fourth-order valence-electron chi connectivity index (χ4n) is 4.87. The highest BCUT2D eigenvalue weighted by molar-refractivity contribution is 5.98. The number of benzene rings is 2. The molecule has 202 valence electrons. The largest absolute Gasteiger partial charge is 0.354 e. The highest BCUT2D eigenvalue weighted by Crippen LogP contribution is 2.30. The minimum atomic E-state index is -0.675. The fraction of sp³-hybridized carbons (Fsp3) is 0.312. The summed E-state index contributed by atoms with van der Waals surface area (Å²) in [5.41, 5.74) is 5.42. The number of amides is 2. The van der Waals surface area contributed by atoms with E-state index in [1.165, 1.54) is 0 Å².